The summed E-state index contributed by atoms with van der Waals surface area (Å²) in [6.07, 6.45) is 5.16. The third kappa shape index (κ3) is 4.73. The highest BCUT2D eigenvalue weighted by Gasteiger charge is 2.05. The minimum Gasteiger partial charge on any atom is -0.385 e. The Hall–Kier alpha value is -0.450. The smallest absolute Gasteiger partial charge is 0.0928 e. The van der Waals surface area contributed by atoms with Crippen molar-refractivity contribution in [2.75, 3.05) is 20.8 Å². The first-order valence-corrected chi connectivity index (χ1v) is 6.17. The van der Waals surface area contributed by atoms with Gasteiger partial charge < -0.3 is 10.1 Å². The second kappa shape index (κ2) is 6.93. The van der Waals surface area contributed by atoms with Crippen LogP contribution in [-0.4, -0.2) is 31.8 Å². The molecule has 3 nitrogen and oxygen atoms in total. The molecule has 0 aliphatic carbocycles. The highest BCUT2D eigenvalue weighted by molar-refractivity contribution is 7.11. The summed E-state index contributed by atoms with van der Waals surface area (Å²) in [5.41, 5.74) is 0. The Morgan fingerprint density at radius 1 is 1.60 bits per heavy atom. The minimum atomic E-state index is 0.525. The normalized spacial score (nSPS) is 13.0. The van der Waals surface area contributed by atoms with E-state index in [-0.39, 0.29) is 0 Å². The van der Waals surface area contributed by atoms with Gasteiger partial charge in [-0.15, -0.1) is 11.3 Å². The third-order valence-corrected chi connectivity index (χ3v) is 3.42. The van der Waals surface area contributed by atoms with Crippen LogP contribution in [0.3, 0.4) is 0 Å². The maximum atomic E-state index is 5.02. The molecular formula is C11H20N2OS. The zero-order valence-corrected chi connectivity index (χ0v) is 10.6. The molecule has 0 saturated carbocycles. The summed E-state index contributed by atoms with van der Waals surface area (Å²) in [5.74, 6) is 0. The molecule has 4 heteroatoms. The number of nitrogens with zero attached hydrogens (tertiary/aromatic N) is 1. The Morgan fingerprint density at radius 3 is 3.07 bits per heavy atom. The van der Waals surface area contributed by atoms with E-state index in [1.807, 2.05) is 24.6 Å². The Bertz CT molecular complexity index is 275. The number of hydrogen-bond donors (Lipinski definition) is 1. The van der Waals surface area contributed by atoms with Crippen molar-refractivity contribution in [1.29, 1.82) is 0 Å². The lowest BCUT2D eigenvalue weighted by Crippen LogP contribution is -2.22. The van der Waals surface area contributed by atoms with E-state index in [0.717, 1.165) is 25.9 Å². The van der Waals surface area contributed by atoms with E-state index < -0.39 is 0 Å². The van der Waals surface area contributed by atoms with Crippen LogP contribution in [0.25, 0.3) is 0 Å². The predicted octanol–water partition coefficient (Wildman–Crippen LogP) is 1.87. The number of aryl methyl sites for hydroxylation is 1. The maximum absolute atomic E-state index is 5.02. The van der Waals surface area contributed by atoms with Crippen LogP contribution in [0.5, 0.6) is 0 Å². The summed E-state index contributed by atoms with van der Waals surface area (Å²) in [5, 5.41) is 4.46. The molecular weight excluding hydrogens is 208 g/mol. The number of hydrogen-bond acceptors (Lipinski definition) is 4. The molecule has 0 spiro atoms. The van der Waals surface area contributed by atoms with Crippen molar-refractivity contribution in [1.82, 2.24) is 10.3 Å². The number of thiazole rings is 1. The van der Waals surface area contributed by atoms with Crippen LogP contribution in [0.15, 0.2) is 6.20 Å². The van der Waals surface area contributed by atoms with Crippen molar-refractivity contribution >= 4 is 11.3 Å². The van der Waals surface area contributed by atoms with Crippen LogP contribution in [0.4, 0.5) is 0 Å². The average molecular weight is 228 g/mol. The second-order valence-corrected chi connectivity index (χ2v) is 4.91. The molecule has 1 N–H and O–H groups in total. The van der Waals surface area contributed by atoms with Crippen LogP contribution in [0.2, 0.25) is 0 Å². The van der Waals surface area contributed by atoms with E-state index in [9.17, 15) is 0 Å². The van der Waals surface area contributed by atoms with Gasteiger partial charge in [-0.05, 0) is 26.8 Å². The summed E-state index contributed by atoms with van der Waals surface area (Å²) >= 11 is 1.82. The first-order valence-electron chi connectivity index (χ1n) is 5.36. The maximum Gasteiger partial charge on any atom is 0.0928 e. The third-order valence-electron chi connectivity index (χ3n) is 2.34. The predicted molar refractivity (Wildman–Crippen MR) is 64.5 cm³/mol. The van der Waals surface area contributed by atoms with Gasteiger partial charge in [0.05, 0.1) is 5.01 Å². The number of ether oxygens (including phenoxy) is 1. The van der Waals surface area contributed by atoms with E-state index in [2.05, 4.69) is 17.2 Å². The lowest BCUT2D eigenvalue weighted by Gasteiger charge is -2.06. The van der Waals surface area contributed by atoms with Crippen LogP contribution >= 0.6 is 11.3 Å². The van der Waals surface area contributed by atoms with Gasteiger partial charge in [0.25, 0.3) is 0 Å². The molecule has 1 aromatic heterocycles. The van der Waals surface area contributed by atoms with Crippen LogP contribution in [0, 0.1) is 0 Å². The van der Waals surface area contributed by atoms with Crippen molar-refractivity contribution in [2.45, 2.75) is 32.2 Å². The van der Waals surface area contributed by atoms with Gasteiger partial charge in [-0.25, -0.2) is 4.98 Å². The largest absolute Gasteiger partial charge is 0.385 e. The van der Waals surface area contributed by atoms with Gasteiger partial charge in [0.15, 0.2) is 0 Å². The standard InChI is InChI=1S/C11H20N2OS/c1-9(12-2)7-10-8-13-11(15-10)5-4-6-14-3/h8-9,12H,4-7H2,1-3H3. The zero-order valence-electron chi connectivity index (χ0n) is 9.75. The molecule has 0 aliphatic rings. The van der Waals surface area contributed by atoms with Gasteiger partial charge in [-0.1, -0.05) is 0 Å². The summed E-state index contributed by atoms with van der Waals surface area (Å²) in [4.78, 5) is 5.78. The van der Waals surface area contributed by atoms with E-state index in [1.54, 1.807) is 7.11 Å². The fourth-order valence-electron chi connectivity index (χ4n) is 1.33. The van der Waals surface area contributed by atoms with Crippen LogP contribution < -0.4 is 5.32 Å². The molecule has 0 aliphatic heterocycles. The number of methoxy groups -OCH3 is 1. The van der Waals surface area contributed by atoms with E-state index in [0.29, 0.717) is 6.04 Å². The Labute approximate surface area is 95.9 Å². The molecule has 1 heterocycles. The Morgan fingerprint density at radius 2 is 2.40 bits per heavy atom. The number of rotatable bonds is 7. The molecule has 0 fully saturated rings. The second-order valence-electron chi connectivity index (χ2n) is 3.71. The monoisotopic (exact) mass is 228 g/mol. The van der Waals surface area contributed by atoms with Crippen LogP contribution in [-0.2, 0) is 17.6 Å². The molecule has 0 bridgehead atoms. The van der Waals surface area contributed by atoms with Crippen molar-refractivity contribution in [2.24, 2.45) is 0 Å². The number of aromatic nitrogens is 1. The summed E-state index contributed by atoms with van der Waals surface area (Å²) < 4.78 is 5.02. The van der Waals surface area contributed by atoms with Crippen molar-refractivity contribution < 1.29 is 4.74 Å². The fourth-order valence-corrected chi connectivity index (χ4v) is 2.42. The van der Waals surface area contributed by atoms with Gasteiger partial charge in [-0.3, -0.25) is 0 Å². The molecule has 1 atom stereocenters. The van der Waals surface area contributed by atoms with Gasteiger partial charge >= 0.3 is 0 Å². The quantitative estimate of drug-likeness (QED) is 0.723. The van der Waals surface area contributed by atoms with Gasteiger partial charge in [0.1, 0.15) is 0 Å². The molecule has 1 aromatic rings. The first kappa shape index (κ1) is 12.6. The molecule has 1 rings (SSSR count). The SMILES string of the molecule is CNC(C)Cc1cnc(CCCOC)s1. The van der Waals surface area contributed by atoms with Crippen molar-refractivity contribution in [3.05, 3.63) is 16.1 Å². The Balaban J connectivity index is 2.35. The zero-order chi connectivity index (χ0) is 11.1. The first-order chi connectivity index (χ1) is 7.26. The minimum absolute atomic E-state index is 0.525. The average Bonchev–Trinajstić information content (AvgIpc) is 2.66. The van der Waals surface area contributed by atoms with Gasteiger partial charge in [0.2, 0.25) is 0 Å². The molecule has 0 aromatic carbocycles. The molecule has 86 valence electrons. The molecule has 0 saturated heterocycles. The highest BCUT2D eigenvalue weighted by Crippen LogP contribution is 2.16. The van der Waals surface area contributed by atoms with Crippen LogP contribution in [0.1, 0.15) is 23.2 Å². The summed E-state index contributed by atoms with van der Waals surface area (Å²) in [7, 11) is 3.73. The lowest BCUT2D eigenvalue weighted by molar-refractivity contribution is 0.195. The van der Waals surface area contributed by atoms with E-state index >= 15 is 0 Å². The van der Waals surface area contributed by atoms with Gasteiger partial charge in [-0.2, -0.15) is 0 Å². The number of nitrogens with one attached hydrogen (secondary N) is 1. The number of likely N-dealkylation sites (N-methyl/N-ethyl adjacent to an activating group) is 1. The summed E-state index contributed by atoms with van der Waals surface area (Å²) in [6, 6.07) is 0.525. The Kier molecular flexibility index (Phi) is 5.83. The van der Waals surface area contributed by atoms with E-state index in [4.69, 9.17) is 4.74 Å². The highest BCUT2D eigenvalue weighted by atomic mass is 32.1. The molecule has 0 radical (unpaired) electrons. The summed E-state index contributed by atoms with van der Waals surface area (Å²) in [6.45, 7) is 3.01. The molecule has 1 unspecified atom stereocenters. The van der Waals surface area contributed by atoms with E-state index in [1.165, 1.54) is 9.88 Å². The molecule has 0 amide bonds. The topological polar surface area (TPSA) is 34.2 Å². The van der Waals surface area contributed by atoms with Crippen molar-refractivity contribution in [3.63, 3.8) is 0 Å². The lowest BCUT2D eigenvalue weighted by atomic mass is 10.2. The van der Waals surface area contributed by atoms with Crippen molar-refractivity contribution in [3.8, 4) is 0 Å². The fraction of sp³-hybridized carbons (Fsp3) is 0.727. The molecule has 15 heavy (non-hydrogen) atoms. The van der Waals surface area contributed by atoms with Gasteiger partial charge in [0, 0.05) is 37.3 Å².